The number of halogens is 3. The zero-order valence-electron chi connectivity index (χ0n) is 13.5. The third kappa shape index (κ3) is 3.86. The summed E-state index contributed by atoms with van der Waals surface area (Å²) in [6.07, 6.45) is -2.80. The van der Waals surface area contributed by atoms with Crippen LogP contribution in [0.5, 0.6) is 0 Å². The molecule has 1 aromatic carbocycles. The molecule has 0 spiro atoms. The molecule has 6 heteroatoms. The molecule has 1 heterocycles. The van der Waals surface area contributed by atoms with Crippen LogP contribution >= 0.6 is 0 Å². The van der Waals surface area contributed by atoms with Crippen molar-refractivity contribution in [1.82, 2.24) is 5.32 Å². The van der Waals surface area contributed by atoms with E-state index in [4.69, 9.17) is 4.74 Å². The van der Waals surface area contributed by atoms with Crippen molar-refractivity contribution >= 4 is 5.97 Å². The lowest BCUT2D eigenvalue weighted by molar-refractivity contribution is -0.154. The van der Waals surface area contributed by atoms with Gasteiger partial charge in [0.2, 0.25) is 0 Å². The monoisotopic (exact) mass is 329 g/mol. The van der Waals surface area contributed by atoms with Gasteiger partial charge in [-0.3, -0.25) is 4.79 Å². The molecular formula is C17H22F3NO2. The van der Waals surface area contributed by atoms with Gasteiger partial charge in [-0.05, 0) is 56.8 Å². The van der Waals surface area contributed by atoms with Crippen LogP contribution in [-0.2, 0) is 15.7 Å². The van der Waals surface area contributed by atoms with Gasteiger partial charge in [-0.2, -0.15) is 13.2 Å². The topological polar surface area (TPSA) is 38.3 Å². The van der Waals surface area contributed by atoms with Crippen LogP contribution in [0.25, 0.3) is 0 Å². The second-order valence-corrected chi connectivity index (χ2v) is 6.56. The molecule has 0 amide bonds. The molecule has 1 N–H and O–H groups in total. The number of carbonyl (C=O) groups excluding carboxylic acids is 1. The minimum atomic E-state index is -4.33. The third-order valence-electron chi connectivity index (χ3n) is 4.78. The number of benzene rings is 1. The van der Waals surface area contributed by atoms with Gasteiger partial charge in [0.05, 0.1) is 18.1 Å². The van der Waals surface area contributed by atoms with Crippen molar-refractivity contribution in [2.45, 2.75) is 38.9 Å². The molecule has 1 aliphatic rings. The van der Waals surface area contributed by atoms with Gasteiger partial charge in [-0.15, -0.1) is 0 Å². The number of esters is 1. The first-order valence-electron chi connectivity index (χ1n) is 7.65. The number of hydrogen-bond donors (Lipinski definition) is 1. The van der Waals surface area contributed by atoms with E-state index in [1.807, 2.05) is 13.8 Å². The lowest BCUT2D eigenvalue weighted by atomic mass is 9.71. The fraction of sp³-hybridized carbons (Fsp3) is 0.588. The van der Waals surface area contributed by atoms with E-state index in [9.17, 15) is 18.0 Å². The maximum atomic E-state index is 12.6. The molecule has 1 fully saturated rings. The first kappa shape index (κ1) is 17.8. The van der Waals surface area contributed by atoms with Gasteiger partial charge >= 0.3 is 12.1 Å². The highest BCUT2D eigenvalue weighted by molar-refractivity contribution is 5.76. The Labute approximate surface area is 134 Å². The molecule has 1 saturated heterocycles. The van der Waals surface area contributed by atoms with Crippen LogP contribution in [0.15, 0.2) is 24.3 Å². The van der Waals surface area contributed by atoms with E-state index in [0.29, 0.717) is 6.42 Å². The lowest BCUT2D eigenvalue weighted by Gasteiger charge is -2.38. The number of carbonyl (C=O) groups is 1. The first-order chi connectivity index (χ1) is 10.7. The van der Waals surface area contributed by atoms with E-state index in [1.165, 1.54) is 19.2 Å². The SMILES string of the molecule is COC(=O)C(C)(C)[C@@H]1CCNC(c2ccc(C(F)(F)F)cc2)C1. The number of nitrogens with one attached hydrogen (secondary N) is 1. The molecule has 23 heavy (non-hydrogen) atoms. The average Bonchev–Trinajstić information content (AvgIpc) is 2.53. The Hall–Kier alpha value is -1.56. The summed E-state index contributed by atoms with van der Waals surface area (Å²) in [6, 6.07) is 5.17. The molecular weight excluding hydrogens is 307 g/mol. The molecule has 1 unspecified atom stereocenters. The predicted molar refractivity (Wildman–Crippen MR) is 80.7 cm³/mol. The Morgan fingerprint density at radius 3 is 2.35 bits per heavy atom. The molecule has 0 bridgehead atoms. The number of rotatable bonds is 3. The Balaban J connectivity index is 2.14. The van der Waals surface area contributed by atoms with Crippen molar-refractivity contribution < 1.29 is 22.7 Å². The maximum Gasteiger partial charge on any atom is 0.416 e. The van der Waals surface area contributed by atoms with Gasteiger partial charge in [0, 0.05) is 6.04 Å². The van der Waals surface area contributed by atoms with E-state index in [2.05, 4.69) is 5.32 Å². The second-order valence-electron chi connectivity index (χ2n) is 6.56. The Morgan fingerprint density at radius 2 is 1.83 bits per heavy atom. The van der Waals surface area contributed by atoms with E-state index in [-0.39, 0.29) is 17.9 Å². The molecule has 2 atom stereocenters. The van der Waals surface area contributed by atoms with Crippen LogP contribution in [-0.4, -0.2) is 19.6 Å². The Bertz CT molecular complexity index is 552. The predicted octanol–water partition coefficient (Wildman–Crippen LogP) is 3.95. The van der Waals surface area contributed by atoms with E-state index in [0.717, 1.165) is 30.7 Å². The summed E-state index contributed by atoms with van der Waals surface area (Å²) in [5, 5.41) is 3.32. The molecule has 0 aliphatic carbocycles. The molecule has 2 rings (SSSR count). The molecule has 1 aromatic rings. The summed E-state index contributed by atoms with van der Waals surface area (Å²) < 4.78 is 42.8. The zero-order chi connectivity index (χ0) is 17.3. The summed E-state index contributed by atoms with van der Waals surface area (Å²) in [5.41, 5.74) is -0.451. The third-order valence-corrected chi connectivity index (χ3v) is 4.78. The highest BCUT2D eigenvalue weighted by atomic mass is 19.4. The van der Waals surface area contributed by atoms with E-state index < -0.39 is 17.2 Å². The molecule has 0 radical (unpaired) electrons. The minimum Gasteiger partial charge on any atom is -0.469 e. The summed E-state index contributed by atoms with van der Waals surface area (Å²) in [7, 11) is 1.37. The fourth-order valence-electron chi connectivity index (χ4n) is 3.16. The summed E-state index contributed by atoms with van der Waals surface area (Å²) in [4.78, 5) is 12.0. The molecule has 0 aromatic heterocycles. The number of alkyl halides is 3. The highest BCUT2D eigenvalue weighted by Crippen LogP contribution is 2.40. The van der Waals surface area contributed by atoms with E-state index >= 15 is 0 Å². The van der Waals surface area contributed by atoms with Crippen LogP contribution in [0.4, 0.5) is 13.2 Å². The average molecular weight is 329 g/mol. The van der Waals surface area contributed by atoms with Gasteiger partial charge in [0.15, 0.2) is 0 Å². The minimum absolute atomic E-state index is 0.0556. The fourth-order valence-corrected chi connectivity index (χ4v) is 3.16. The quantitative estimate of drug-likeness (QED) is 0.854. The van der Waals surface area contributed by atoms with Gasteiger partial charge in [0.25, 0.3) is 0 Å². The van der Waals surface area contributed by atoms with Crippen molar-refractivity contribution in [3.05, 3.63) is 35.4 Å². The Kier molecular flexibility index (Phi) is 5.04. The number of hydrogen-bond acceptors (Lipinski definition) is 3. The normalized spacial score (nSPS) is 22.7. The van der Waals surface area contributed by atoms with Gasteiger partial charge in [0.1, 0.15) is 0 Å². The molecule has 3 nitrogen and oxygen atoms in total. The molecule has 0 saturated carbocycles. The van der Waals surface area contributed by atoms with Crippen LogP contribution in [0.1, 0.15) is 43.9 Å². The van der Waals surface area contributed by atoms with Crippen LogP contribution in [0.3, 0.4) is 0 Å². The molecule has 1 aliphatic heterocycles. The summed E-state index contributed by atoms with van der Waals surface area (Å²) >= 11 is 0. The first-order valence-corrected chi connectivity index (χ1v) is 7.65. The van der Waals surface area contributed by atoms with Crippen molar-refractivity contribution in [1.29, 1.82) is 0 Å². The van der Waals surface area contributed by atoms with E-state index in [1.54, 1.807) is 0 Å². The van der Waals surface area contributed by atoms with Gasteiger partial charge in [-0.25, -0.2) is 0 Å². The summed E-state index contributed by atoms with van der Waals surface area (Å²) in [6.45, 7) is 4.44. The smallest absolute Gasteiger partial charge is 0.416 e. The standard InChI is InChI=1S/C17H22F3NO2/c1-16(2,15(22)23-3)13-8-9-21-14(10-13)11-4-6-12(7-5-11)17(18,19)20/h4-7,13-14,21H,8-10H2,1-3H3/t13-,14?/m1/s1. The highest BCUT2D eigenvalue weighted by Gasteiger charge is 2.40. The zero-order valence-corrected chi connectivity index (χ0v) is 13.5. The second kappa shape index (κ2) is 6.51. The molecule has 128 valence electrons. The van der Waals surface area contributed by atoms with Crippen molar-refractivity contribution in [2.75, 3.05) is 13.7 Å². The maximum absolute atomic E-state index is 12.6. The van der Waals surface area contributed by atoms with Crippen LogP contribution in [0.2, 0.25) is 0 Å². The van der Waals surface area contributed by atoms with Gasteiger partial charge < -0.3 is 10.1 Å². The largest absolute Gasteiger partial charge is 0.469 e. The van der Waals surface area contributed by atoms with Crippen LogP contribution < -0.4 is 5.32 Å². The number of ether oxygens (including phenoxy) is 1. The van der Waals surface area contributed by atoms with Crippen molar-refractivity contribution in [2.24, 2.45) is 11.3 Å². The van der Waals surface area contributed by atoms with Crippen molar-refractivity contribution in [3.63, 3.8) is 0 Å². The number of methoxy groups -OCH3 is 1. The number of piperidine rings is 1. The lowest BCUT2D eigenvalue weighted by Crippen LogP contribution is -2.42. The summed E-state index contributed by atoms with van der Waals surface area (Å²) in [5.74, 6) is -0.140. The van der Waals surface area contributed by atoms with Crippen molar-refractivity contribution in [3.8, 4) is 0 Å². The van der Waals surface area contributed by atoms with Crippen LogP contribution in [0, 0.1) is 11.3 Å². The van der Waals surface area contributed by atoms with Gasteiger partial charge in [-0.1, -0.05) is 12.1 Å². The Morgan fingerprint density at radius 1 is 1.22 bits per heavy atom.